The summed E-state index contributed by atoms with van der Waals surface area (Å²) in [6, 6.07) is 36.6. The fourth-order valence-electron chi connectivity index (χ4n) is 12.2. The number of halogens is 7. The molecule has 2 aromatic carbocycles. The number of hydrogen-bond donors (Lipinski definition) is 15. The molecule has 0 spiro atoms. The summed E-state index contributed by atoms with van der Waals surface area (Å²) in [4.78, 5) is 115. The third-order valence-electron chi connectivity index (χ3n) is 20.5. The van der Waals surface area contributed by atoms with Crippen molar-refractivity contribution in [2.45, 2.75) is 85.4 Å². The molecule has 0 bridgehead atoms. The number of nitrogen functional groups attached to an aromatic ring is 1. The Morgan fingerprint density at radius 3 is 1.05 bits per heavy atom. The fraction of sp³-hybridized carbons (Fsp3) is 0.286. The Morgan fingerprint density at radius 2 is 0.727 bits per heavy atom. The first-order valence-electron chi connectivity index (χ1n) is 42.7. The summed E-state index contributed by atoms with van der Waals surface area (Å²) < 4.78 is 42.7. The molecule has 0 radical (unpaired) electrons. The molecule has 17 N–H and O–H groups in total. The van der Waals surface area contributed by atoms with E-state index in [0.717, 1.165) is 57.6 Å². The van der Waals surface area contributed by atoms with Crippen molar-refractivity contribution >= 4 is 218 Å². The quantitative estimate of drug-likeness (QED) is 0.0153. The SMILES string of the molecule is CC1(Cl)CC1C(=O)Cl.CNC(=O)c1nnc(Cl)cc1Nc1ncccc1C.CNC(=O)c1nnc(N)cc1Nc1ncccc1C.CNC(=O)c1nnc(NC(=O)C2CC2(Cl)Cl)cc1Nc1ncccc1C.CNC(=O)c1nnc(NC(=O)C2CC2(Cl)Cl)cc1Nc1ncccc1S(C)(=O)=O.CNC(=O)c1nnc(NCc2ccc(OC)cc2OC)cc1Nc1ncccc1C.COc1ccc(CN)c(OC)c1. The zero-order chi connectivity index (χ0) is 105. The van der Waals surface area contributed by atoms with Gasteiger partial charge in [0.25, 0.3) is 29.5 Å². The molecule has 52 heteroatoms. The Bertz CT molecular complexity index is 6620. The Morgan fingerprint density at radius 1 is 0.413 bits per heavy atom. The second-order valence-electron chi connectivity index (χ2n) is 31.0. The summed E-state index contributed by atoms with van der Waals surface area (Å²) in [5.41, 5.74) is 19.0. The third kappa shape index (κ3) is 32.2. The Hall–Kier alpha value is -14.7. The minimum Gasteiger partial charge on any atom is -0.497 e. The van der Waals surface area contributed by atoms with E-state index in [0.29, 0.717) is 89.3 Å². The van der Waals surface area contributed by atoms with Crippen LogP contribution in [-0.2, 0) is 37.3 Å². The van der Waals surface area contributed by atoms with Crippen LogP contribution in [0.4, 0.5) is 80.8 Å². The maximum absolute atomic E-state index is 12.2. The highest BCUT2D eigenvalue weighted by Gasteiger charge is 2.57. The summed E-state index contributed by atoms with van der Waals surface area (Å²) in [5, 5.41) is 74.4. The number of ether oxygens (including phenoxy) is 4. The van der Waals surface area contributed by atoms with Gasteiger partial charge in [-0.3, -0.25) is 38.4 Å². The van der Waals surface area contributed by atoms with Crippen LogP contribution >= 0.6 is 81.2 Å². The second-order valence-corrected chi connectivity index (χ2v) is 37.7. The first-order valence-corrected chi connectivity index (χ1v) is 47.2. The van der Waals surface area contributed by atoms with E-state index in [9.17, 15) is 46.8 Å². The summed E-state index contributed by atoms with van der Waals surface area (Å²) >= 11 is 40.2. The van der Waals surface area contributed by atoms with Crippen LogP contribution in [0.1, 0.15) is 112 Å². The van der Waals surface area contributed by atoms with Gasteiger partial charge in [-0.25, -0.2) is 33.3 Å². The van der Waals surface area contributed by atoms with Gasteiger partial charge in [0.2, 0.25) is 17.1 Å². The largest absolute Gasteiger partial charge is 0.497 e. The van der Waals surface area contributed by atoms with Crippen molar-refractivity contribution in [2.75, 3.05) is 118 Å². The monoisotopic (exact) mass is 2110 g/mol. The number of sulfone groups is 1. The molecule has 3 saturated carbocycles. The van der Waals surface area contributed by atoms with Crippen LogP contribution in [0.5, 0.6) is 23.0 Å². The van der Waals surface area contributed by atoms with Crippen molar-refractivity contribution in [1.82, 2.24) is 102 Å². The van der Waals surface area contributed by atoms with Crippen molar-refractivity contribution in [1.29, 1.82) is 0 Å². The molecule has 4 unspecified atom stereocenters. The molecule has 3 aliphatic carbocycles. The highest BCUT2D eigenvalue weighted by molar-refractivity contribution is 7.90. The van der Waals surface area contributed by atoms with E-state index in [1.54, 1.807) is 78.5 Å². The van der Waals surface area contributed by atoms with Crippen LogP contribution in [-0.4, -0.2) is 214 Å². The minimum atomic E-state index is -3.60. The summed E-state index contributed by atoms with van der Waals surface area (Å²) in [6.07, 6.45) is 10.5. The van der Waals surface area contributed by atoms with E-state index in [2.05, 4.69) is 145 Å². The van der Waals surface area contributed by atoms with E-state index in [4.69, 9.17) is 112 Å². The molecule has 44 nitrogen and oxygen atoms in total. The number of alkyl halides is 5. The highest BCUT2D eigenvalue weighted by atomic mass is 35.5. The number of amides is 7. The number of nitrogens with zero attached hydrogens (tertiary/aromatic N) is 15. The Labute approximate surface area is 856 Å². The van der Waals surface area contributed by atoms with Crippen LogP contribution in [0.15, 0.2) is 163 Å². The molecule has 15 rings (SSSR count). The standard InChI is InChI=1S/C21H24N6O3.C16H16Cl2N6O4S.C16H16Cl2N6O2.C12H12ClN5O.C12H14N6O.C9H13NO2.C5H6Cl2O/c1-13-6-5-9-23-20(13)25-16-11-18(26-27-19(16)21(28)22-2)24-12-14-7-8-15(29-3)10-17(14)30-4;1-19-15(26)12-9(21-13-10(29(2,27)28)4-3-5-20-13)6-11(23-24-12)22-14(25)8-7-16(8,17)18;1-8-4-3-5-20-13(8)21-10-6-11(23-24-12(10)15(26)19-2)22-14(25)9-7-16(9,17)18;2*1-7-4-3-5-15-11(7)16-8-6-9(13)17-18-10(8)12(19)14-2;1-11-8-4-3-7(6-10)9(5-8)12-2;1-5(7)2-3(5)4(6)8/h5-11H,12H2,1-4H3,(H,22,28)(H2,23,24,25,26);3-6,8H,7H2,1-2H3,(H,19,26)(H2,20,21,22,23,25);3-6,9H,7H2,1-2H3,(H,19,26)(H2,20,21,22,23,25);3-6H,1-2H3,(H,14,19)(H,15,16,17);3-6H,1-2H3,(H,14,19)(H3,13,15,16,17);3-5H,6,10H2,1-2H3;3H,2H2,1H3. The number of hydrogen-bond acceptors (Lipinski definition) is 37. The second kappa shape index (κ2) is 51.6. The smallest absolute Gasteiger partial charge is 0.273 e. The molecule has 7 amide bonds. The lowest BCUT2D eigenvalue weighted by molar-refractivity contribution is -0.118. The van der Waals surface area contributed by atoms with Gasteiger partial charge in [-0.05, 0) is 142 Å². The van der Waals surface area contributed by atoms with Gasteiger partial charge in [0, 0.05) is 139 Å². The number of aryl methyl sites for hydroxylation is 4. The summed E-state index contributed by atoms with van der Waals surface area (Å²) in [7, 11) is 10.3. The van der Waals surface area contributed by atoms with Crippen molar-refractivity contribution in [3.63, 3.8) is 0 Å². The number of carbonyl (C=O) groups is 8. The van der Waals surface area contributed by atoms with E-state index < -0.39 is 48.1 Å². The number of carbonyl (C=O) groups excluding carboxylic acids is 8. The van der Waals surface area contributed by atoms with E-state index in [-0.39, 0.29) is 107 Å². The van der Waals surface area contributed by atoms with Crippen LogP contribution in [0.2, 0.25) is 5.15 Å². The number of nitrogens with two attached hydrogens (primary N) is 2. The van der Waals surface area contributed by atoms with Gasteiger partial charge < -0.3 is 99.5 Å². The average molecular weight is 2120 g/mol. The summed E-state index contributed by atoms with van der Waals surface area (Å²) in [5.74, 6) is 2.35. The lowest BCUT2D eigenvalue weighted by Gasteiger charge is -2.14. The zero-order valence-electron chi connectivity index (χ0n) is 79.4. The summed E-state index contributed by atoms with van der Waals surface area (Å²) in [6.45, 7) is 10.4. The van der Waals surface area contributed by atoms with Crippen LogP contribution < -0.4 is 99.5 Å². The Balaban J connectivity index is 0.000000191. The van der Waals surface area contributed by atoms with Gasteiger partial charge in [-0.1, -0.05) is 41.9 Å². The van der Waals surface area contributed by atoms with Crippen molar-refractivity contribution in [2.24, 2.45) is 23.5 Å². The van der Waals surface area contributed by atoms with Crippen molar-refractivity contribution < 1.29 is 65.7 Å². The molecule has 0 aliphatic heterocycles. The molecule has 3 aliphatic rings. The molecular weight excluding hydrogens is 2020 g/mol. The van der Waals surface area contributed by atoms with Gasteiger partial charge in [-0.15, -0.1) is 109 Å². The van der Waals surface area contributed by atoms with E-state index >= 15 is 0 Å². The molecule has 10 heterocycles. The number of aromatic nitrogens is 15. The molecule has 4 atom stereocenters. The Kier molecular flexibility index (Phi) is 40.4. The molecule has 143 heavy (non-hydrogen) atoms. The number of nitrogens with one attached hydrogen (secondary N) is 13. The van der Waals surface area contributed by atoms with Gasteiger partial charge >= 0.3 is 0 Å². The van der Waals surface area contributed by atoms with Crippen molar-refractivity contribution in [3.05, 3.63) is 225 Å². The number of rotatable bonds is 29. The van der Waals surface area contributed by atoms with Crippen LogP contribution in [0.25, 0.3) is 0 Å². The van der Waals surface area contributed by atoms with Crippen molar-refractivity contribution in [3.8, 4) is 23.0 Å². The average Bonchev–Trinajstić information content (AvgIpc) is 1.65. The van der Waals surface area contributed by atoms with Crippen LogP contribution in [0.3, 0.4) is 0 Å². The van der Waals surface area contributed by atoms with Gasteiger partial charge in [0.1, 0.15) is 71.5 Å². The van der Waals surface area contributed by atoms with E-state index in [1.807, 2.05) is 113 Å². The predicted octanol–water partition coefficient (Wildman–Crippen LogP) is 12.6. The topological polar surface area (TPSA) is 609 Å². The molecule has 754 valence electrons. The molecule has 0 saturated heterocycles. The predicted molar refractivity (Wildman–Crippen MR) is 546 cm³/mol. The molecule has 12 aromatic rings. The number of pyridine rings is 5. The zero-order valence-corrected chi connectivity index (χ0v) is 85.5. The fourth-order valence-corrected chi connectivity index (χ4v) is 14.8. The first-order chi connectivity index (χ1) is 68.0. The normalized spacial score (nSPS) is 14.7. The molecular formula is C91H101Cl7N30O14S. The molecule has 10 aromatic heterocycles. The number of benzene rings is 2. The van der Waals surface area contributed by atoms with Gasteiger partial charge in [0.05, 0.1) is 79.5 Å². The lowest BCUT2D eigenvalue weighted by atomic mass is 10.2. The van der Waals surface area contributed by atoms with Gasteiger partial charge in [0.15, 0.2) is 60.9 Å². The third-order valence-corrected chi connectivity index (χ3v) is 24.2. The number of anilines is 14. The highest BCUT2D eigenvalue weighted by Crippen LogP contribution is 2.55. The van der Waals surface area contributed by atoms with Gasteiger partial charge in [-0.2, -0.15) is 0 Å². The number of methoxy groups -OCH3 is 4. The minimum absolute atomic E-state index is 0.00634. The van der Waals surface area contributed by atoms with Crippen LogP contribution in [0, 0.1) is 45.4 Å². The molecule has 3 fully saturated rings. The maximum Gasteiger partial charge on any atom is 0.273 e. The maximum atomic E-state index is 12.2. The van der Waals surface area contributed by atoms with E-state index in [1.165, 1.54) is 64.7 Å². The lowest BCUT2D eigenvalue weighted by Crippen LogP contribution is -2.23. The first kappa shape index (κ1) is 112.